The van der Waals surface area contributed by atoms with Crippen molar-refractivity contribution >= 4 is 23.0 Å². The van der Waals surface area contributed by atoms with E-state index >= 15 is 0 Å². The molecule has 2 atom stereocenters. The molecule has 6 nitrogen and oxygen atoms in total. The number of morpholine rings is 1. The summed E-state index contributed by atoms with van der Waals surface area (Å²) in [5, 5.41) is 11.3. The molecule has 2 unspecified atom stereocenters. The summed E-state index contributed by atoms with van der Waals surface area (Å²) in [6.07, 6.45) is 0.307. The van der Waals surface area contributed by atoms with Gasteiger partial charge in [-0.2, -0.15) is 10.2 Å². The van der Waals surface area contributed by atoms with Gasteiger partial charge in [-0.15, -0.1) is 0 Å². The molecular formula is C20H24N4O2. The molecule has 0 radical (unpaired) electrons. The molecule has 1 aliphatic heterocycles. The van der Waals surface area contributed by atoms with Crippen LogP contribution in [0.4, 0.5) is 17.1 Å². The number of nitrogens with zero attached hydrogens (tertiary/aromatic N) is 3. The van der Waals surface area contributed by atoms with Crippen LogP contribution in [0.3, 0.4) is 0 Å². The first-order chi connectivity index (χ1) is 12.6. The SMILES string of the molecule is CC1CN(CC(=O)Nc2ccc(N=Nc3ccccc3)cc2)CC(C)O1. The lowest BCUT2D eigenvalue weighted by atomic mass is 10.2. The van der Waals surface area contributed by atoms with Gasteiger partial charge < -0.3 is 10.1 Å². The second-order valence-corrected chi connectivity index (χ2v) is 6.58. The van der Waals surface area contributed by atoms with Crippen LogP contribution in [0.1, 0.15) is 13.8 Å². The topological polar surface area (TPSA) is 66.3 Å². The Morgan fingerprint density at radius 1 is 1.00 bits per heavy atom. The number of hydrogen-bond donors (Lipinski definition) is 1. The summed E-state index contributed by atoms with van der Waals surface area (Å²) in [4.78, 5) is 14.4. The van der Waals surface area contributed by atoms with E-state index in [2.05, 4.69) is 20.4 Å². The summed E-state index contributed by atoms with van der Waals surface area (Å²) in [7, 11) is 0. The average molecular weight is 352 g/mol. The van der Waals surface area contributed by atoms with E-state index in [1.165, 1.54) is 0 Å². The summed E-state index contributed by atoms with van der Waals surface area (Å²) in [5.74, 6) is -0.0232. The third kappa shape index (κ3) is 5.47. The van der Waals surface area contributed by atoms with E-state index in [1.54, 1.807) is 0 Å². The molecular weight excluding hydrogens is 328 g/mol. The summed E-state index contributed by atoms with van der Waals surface area (Å²) in [6.45, 7) is 5.98. The highest BCUT2D eigenvalue weighted by atomic mass is 16.5. The summed E-state index contributed by atoms with van der Waals surface area (Å²) in [6, 6.07) is 16.9. The van der Waals surface area contributed by atoms with Crippen molar-refractivity contribution in [1.29, 1.82) is 0 Å². The fourth-order valence-electron chi connectivity index (χ4n) is 3.04. The Bertz CT molecular complexity index is 736. The number of carbonyl (C=O) groups excluding carboxylic acids is 1. The van der Waals surface area contributed by atoms with Crippen molar-refractivity contribution in [2.45, 2.75) is 26.1 Å². The number of hydrogen-bond acceptors (Lipinski definition) is 5. The van der Waals surface area contributed by atoms with Gasteiger partial charge in [-0.25, -0.2) is 0 Å². The van der Waals surface area contributed by atoms with Crippen LogP contribution in [0.15, 0.2) is 64.8 Å². The van der Waals surface area contributed by atoms with Gasteiger partial charge in [0.15, 0.2) is 0 Å². The van der Waals surface area contributed by atoms with Crippen molar-refractivity contribution in [2.24, 2.45) is 10.2 Å². The van der Waals surface area contributed by atoms with E-state index in [1.807, 2.05) is 68.4 Å². The molecule has 26 heavy (non-hydrogen) atoms. The lowest BCUT2D eigenvalue weighted by Crippen LogP contribution is -2.48. The third-order valence-corrected chi connectivity index (χ3v) is 4.05. The number of nitrogens with one attached hydrogen (secondary N) is 1. The number of amides is 1. The van der Waals surface area contributed by atoms with Crippen LogP contribution >= 0.6 is 0 Å². The molecule has 2 aromatic rings. The van der Waals surface area contributed by atoms with Gasteiger partial charge in [0, 0.05) is 18.8 Å². The van der Waals surface area contributed by atoms with Gasteiger partial charge in [0.2, 0.25) is 5.91 Å². The van der Waals surface area contributed by atoms with E-state index in [4.69, 9.17) is 4.74 Å². The molecule has 2 aromatic carbocycles. The molecule has 1 saturated heterocycles. The molecule has 0 saturated carbocycles. The molecule has 136 valence electrons. The largest absolute Gasteiger partial charge is 0.373 e. The number of benzene rings is 2. The maximum Gasteiger partial charge on any atom is 0.238 e. The molecule has 1 amide bonds. The normalized spacial score (nSPS) is 21.0. The zero-order valence-corrected chi connectivity index (χ0v) is 15.1. The highest BCUT2D eigenvalue weighted by molar-refractivity contribution is 5.92. The minimum Gasteiger partial charge on any atom is -0.373 e. The fraction of sp³-hybridized carbons (Fsp3) is 0.350. The second kappa shape index (κ2) is 8.69. The predicted molar refractivity (Wildman–Crippen MR) is 102 cm³/mol. The van der Waals surface area contributed by atoms with Gasteiger partial charge in [-0.05, 0) is 50.2 Å². The van der Waals surface area contributed by atoms with Crippen LogP contribution in [-0.4, -0.2) is 42.6 Å². The maximum atomic E-state index is 12.3. The Balaban J connectivity index is 1.52. The number of azo groups is 1. The van der Waals surface area contributed by atoms with Gasteiger partial charge in [-0.3, -0.25) is 9.69 Å². The molecule has 0 aromatic heterocycles. The van der Waals surface area contributed by atoms with Crippen LogP contribution < -0.4 is 5.32 Å². The molecule has 0 bridgehead atoms. The van der Waals surface area contributed by atoms with E-state index in [-0.39, 0.29) is 18.1 Å². The number of rotatable bonds is 5. The fourth-order valence-corrected chi connectivity index (χ4v) is 3.04. The van der Waals surface area contributed by atoms with E-state index < -0.39 is 0 Å². The Morgan fingerprint density at radius 3 is 2.19 bits per heavy atom. The quantitative estimate of drug-likeness (QED) is 0.822. The van der Waals surface area contributed by atoms with Gasteiger partial charge in [0.1, 0.15) is 0 Å². The van der Waals surface area contributed by atoms with Crippen LogP contribution in [0.5, 0.6) is 0 Å². The van der Waals surface area contributed by atoms with Crippen molar-refractivity contribution in [3.63, 3.8) is 0 Å². The van der Waals surface area contributed by atoms with Crippen molar-refractivity contribution in [3.8, 4) is 0 Å². The molecule has 1 N–H and O–H groups in total. The van der Waals surface area contributed by atoms with Crippen molar-refractivity contribution in [3.05, 3.63) is 54.6 Å². The minimum atomic E-state index is -0.0232. The lowest BCUT2D eigenvalue weighted by Gasteiger charge is -2.34. The van der Waals surface area contributed by atoms with Gasteiger partial charge in [0.05, 0.1) is 30.1 Å². The second-order valence-electron chi connectivity index (χ2n) is 6.58. The van der Waals surface area contributed by atoms with Gasteiger partial charge in [0.25, 0.3) is 0 Å². The average Bonchev–Trinajstić information content (AvgIpc) is 2.61. The minimum absolute atomic E-state index is 0.0232. The standard InChI is InChI=1S/C20H24N4O2/c1-15-12-24(13-16(2)26-15)14-20(25)21-17-8-10-19(11-9-17)23-22-18-6-4-3-5-7-18/h3-11,15-16H,12-14H2,1-2H3,(H,21,25). The van der Waals surface area contributed by atoms with Crippen LogP contribution in [0, 0.1) is 0 Å². The van der Waals surface area contributed by atoms with Crippen molar-refractivity contribution in [1.82, 2.24) is 4.90 Å². The summed E-state index contributed by atoms with van der Waals surface area (Å²) in [5.41, 5.74) is 2.30. The van der Waals surface area contributed by atoms with Crippen LogP contribution in [0.25, 0.3) is 0 Å². The Hall–Kier alpha value is -2.57. The zero-order valence-electron chi connectivity index (χ0n) is 15.1. The number of ether oxygens (including phenoxy) is 1. The highest BCUT2D eigenvalue weighted by Gasteiger charge is 2.23. The molecule has 1 aliphatic rings. The monoisotopic (exact) mass is 352 g/mol. The predicted octanol–water partition coefficient (Wildman–Crippen LogP) is 4.15. The first-order valence-corrected chi connectivity index (χ1v) is 8.83. The van der Waals surface area contributed by atoms with Gasteiger partial charge in [-0.1, -0.05) is 18.2 Å². The number of anilines is 1. The molecule has 1 heterocycles. The zero-order chi connectivity index (χ0) is 18.4. The third-order valence-electron chi connectivity index (χ3n) is 4.05. The molecule has 0 aliphatic carbocycles. The molecule has 1 fully saturated rings. The lowest BCUT2D eigenvalue weighted by molar-refractivity contribution is -0.121. The number of carbonyl (C=O) groups is 1. The van der Waals surface area contributed by atoms with Crippen LogP contribution in [0.2, 0.25) is 0 Å². The maximum absolute atomic E-state index is 12.3. The highest BCUT2D eigenvalue weighted by Crippen LogP contribution is 2.20. The molecule has 0 spiro atoms. The first-order valence-electron chi connectivity index (χ1n) is 8.83. The van der Waals surface area contributed by atoms with Crippen molar-refractivity contribution < 1.29 is 9.53 Å². The molecule has 6 heteroatoms. The van der Waals surface area contributed by atoms with E-state index in [9.17, 15) is 4.79 Å². The van der Waals surface area contributed by atoms with Gasteiger partial charge >= 0.3 is 0 Å². The van der Waals surface area contributed by atoms with Crippen LogP contribution in [-0.2, 0) is 9.53 Å². The van der Waals surface area contributed by atoms with E-state index in [0.29, 0.717) is 6.54 Å². The van der Waals surface area contributed by atoms with E-state index in [0.717, 1.165) is 30.2 Å². The first kappa shape index (κ1) is 18.2. The summed E-state index contributed by atoms with van der Waals surface area (Å²) >= 11 is 0. The Labute approximate surface area is 153 Å². The summed E-state index contributed by atoms with van der Waals surface area (Å²) < 4.78 is 5.69. The smallest absolute Gasteiger partial charge is 0.238 e. The Kier molecular flexibility index (Phi) is 6.09. The Morgan fingerprint density at radius 2 is 1.58 bits per heavy atom. The molecule has 3 rings (SSSR count). The van der Waals surface area contributed by atoms with Crippen molar-refractivity contribution in [2.75, 3.05) is 25.0 Å².